The Morgan fingerprint density at radius 1 is 0.846 bits per heavy atom. The maximum absolute atomic E-state index is 11.8. The molecule has 0 aromatic heterocycles. The number of hydrogen-bond acceptors (Lipinski definition) is 8. The molecule has 0 aliphatic heterocycles. The fourth-order valence-corrected chi connectivity index (χ4v) is 4.18. The molecule has 0 spiro atoms. The van der Waals surface area contributed by atoms with Crippen LogP contribution in [-0.2, 0) is 20.2 Å². The van der Waals surface area contributed by atoms with E-state index in [1.165, 1.54) is 0 Å². The minimum atomic E-state index is -5.14. The van der Waals surface area contributed by atoms with Crippen molar-refractivity contribution in [3.05, 3.63) is 36.4 Å². The molecule has 0 unspecified atom stereocenters. The summed E-state index contributed by atoms with van der Waals surface area (Å²) in [5.74, 6) is -0.851. The molecule has 0 fully saturated rings. The highest BCUT2D eigenvalue weighted by Crippen LogP contribution is 2.44. The summed E-state index contributed by atoms with van der Waals surface area (Å²) in [6.45, 7) is 0. The predicted octanol–water partition coefficient (Wildman–Crippen LogP) is 2.61. The Kier molecular flexibility index (Phi) is 5.61. The Balaban J connectivity index is 2.89. The van der Waals surface area contributed by atoms with Crippen LogP contribution in [0.4, 0.5) is 11.4 Å². The van der Waals surface area contributed by atoms with E-state index >= 15 is 0 Å². The largest absolute Gasteiger partial charge is 0.493 e. The van der Waals surface area contributed by atoms with Crippen LogP contribution >= 0.6 is 0 Å². The summed E-state index contributed by atoms with van der Waals surface area (Å²) in [6, 6.07) is 9.13. The molecular formula is C14H14N2O8S2. The van der Waals surface area contributed by atoms with Crippen LogP contribution in [0.2, 0.25) is 0 Å². The monoisotopic (exact) mass is 402 g/mol. The van der Waals surface area contributed by atoms with E-state index in [0.717, 1.165) is 20.3 Å². The van der Waals surface area contributed by atoms with Crippen LogP contribution in [0, 0.1) is 0 Å². The first-order valence-electron chi connectivity index (χ1n) is 6.80. The van der Waals surface area contributed by atoms with Gasteiger partial charge in [0.2, 0.25) is 0 Å². The number of hydrogen-bond donors (Lipinski definition) is 2. The van der Waals surface area contributed by atoms with E-state index in [2.05, 4.69) is 10.2 Å². The third kappa shape index (κ3) is 4.16. The summed E-state index contributed by atoms with van der Waals surface area (Å²) in [5.41, 5.74) is -0.237. The second kappa shape index (κ2) is 7.37. The first-order valence-corrected chi connectivity index (χ1v) is 9.68. The minimum Gasteiger partial charge on any atom is -0.493 e. The van der Waals surface area contributed by atoms with Crippen LogP contribution in [0.15, 0.2) is 56.4 Å². The Bertz CT molecular complexity index is 1050. The number of nitrogens with zero attached hydrogens (tertiary/aromatic N) is 2. The van der Waals surface area contributed by atoms with Crippen molar-refractivity contribution in [2.24, 2.45) is 10.2 Å². The van der Waals surface area contributed by atoms with Crippen LogP contribution in [0.1, 0.15) is 0 Å². The number of benzene rings is 2. The molecule has 2 aromatic carbocycles. The molecule has 0 saturated heterocycles. The fourth-order valence-electron chi connectivity index (χ4n) is 2.10. The predicted molar refractivity (Wildman–Crippen MR) is 89.8 cm³/mol. The molecule has 0 saturated carbocycles. The molecule has 2 N–H and O–H groups in total. The van der Waals surface area contributed by atoms with E-state index < -0.39 is 41.5 Å². The third-order valence-corrected chi connectivity index (χ3v) is 5.07. The van der Waals surface area contributed by atoms with E-state index in [0.29, 0.717) is 5.69 Å². The summed E-state index contributed by atoms with van der Waals surface area (Å²) >= 11 is 0. The molecule has 140 valence electrons. The maximum atomic E-state index is 11.8. The van der Waals surface area contributed by atoms with E-state index in [9.17, 15) is 25.9 Å². The lowest BCUT2D eigenvalue weighted by atomic mass is 10.2. The second-order valence-corrected chi connectivity index (χ2v) is 7.49. The Hall–Kier alpha value is -2.54. The van der Waals surface area contributed by atoms with E-state index in [1.807, 2.05) is 0 Å². The average molecular weight is 402 g/mol. The van der Waals surface area contributed by atoms with Gasteiger partial charge >= 0.3 is 0 Å². The molecule has 0 radical (unpaired) electrons. The summed E-state index contributed by atoms with van der Waals surface area (Å²) < 4.78 is 75.8. The number of ether oxygens (including phenoxy) is 2. The normalized spacial score (nSPS) is 12.3. The van der Waals surface area contributed by atoms with Crippen molar-refractivity contribution >= 4 is 31.6 Å². The van der Waals surface area contributed by atoms with Gasteiger partial charge in [0.15, 0.2) is 16.4 Å². The number of rotatable bonds is 6. The standard InChI is InChI=1S/C14H14N2O8S2/c1-23-11-8-10(16-15-9-6-4-3-5-7-9)13(25(17,18)19)14(12(11)24-2)26(20,21)22/h3-8H,1-2H3,(H,17,18,19)(H,20,21,22). The molecule has 0 aliphatic rings. The number of azo groups is 1. The van der Waals surface area contributed by atoms with Gasteiger partial charge < -0.3 is 9.47 Å². The van der Waals surface area contributed by atoms with E-state index in [4.69, 9.17) is 9.47 Å². The molecule has 12 heteroatoms. The summed E-state index contributed by atoms with van der Waals surface area (Å²) in [4.78, 5) is -2.39. The van der Waals surface area contributed by atoms with Gasteiger partial charge in [-0.05, 0) is 12.1 Å². The lowest BCUT2D eigenvalue weighted by Gasteiger charge is -2.15. The summed E-state index contributed by atoms with van der Waals surface area (Å²) in [7, 11) is -8.08. The molecule has 0 heterocycles. The molecular weight excluding hydrogens is 388 g/mol. The first-order chi connectivity index (χ1) is 12.1. The van der Waals surface area contributed by atoms with Crippen LogP contribution in [-0.4, -0.2) is 40.2 Å². The molecule has 0 aliphatic carbocycles. The van der Waals surface area contributed by atoms with Gasteiger partial charge in [0.1, 0.15) is 10.6 Å². The lowest BCUT2D eigenvalue weighted by Crippen LogP contribution is -2.11. The van der Waals surface area contributed by atoms with Crippen molar-refractivity contribution < 1.29 is 35.4 Å². The van der Waals surface area contributed by atoms with Gasteiger partial charge in [-0.15, -0.1) is 5.11 Å². The van der Waals surface area contributed by atoms with Crippen LogP contribution < -0.4 is 9.47 Å². The van der Waals surface area contributed by atoms with Crippen molar-refractivity contribution in [2.75, 3.05) is 14.2 Å². The van der Waals surface area contributed by atoms with Gasteiger partial charge in [-0.3, -0.25) is 9.11 Å². The number of methoxy groups -OCH3 is 2. The quantitative estimate of drug-likeness (QED) is 0.552. The van der Waals surface area contributed by atoms with Crippen LogP contribution in [0.5, 0.6) is 11.5 Å². The third-order valence-electron chi connectivity index (χ3n) is 3.11. The van der Waals surface area contributed by atoms with Gasteiger partial charge in [0.25, 0.3) is 20.2 Å². The lowest BCUT2D eigenvalue weighted by molar-refractivity contribution is 0.341. The molecule has 0 bridgehead atoms. The Morgan fingerprint density at radius 2 is 1.42 bits per heavy atom. The molecule has 26 heavy (non-hydrogen) atoms. The van der Waals surface area contributed by atoms with Crippen molar-refractivity contribution in [1.82, 2.24) is 0 Å². The minimum absolute atomic E-state index is 0.241. The fraction of sp³-hybridized carbons (Fsp3) is 0.143. The molecule has 0 amide bonds. The topological polar surface area (TPSA) is 152 Å². The Labute approximate surface area is 149 Å². The van der Waals surface area contributed by atoms with Crippen molar-refractivity contribution in [3.8, 4) is 11.5 Å². The zero-order valence-corrected chi connectivity index (χ0v) is 15.2. The highest BCUT2D eigenvalue weighted by Gasteiger charge is 2.34. The van der Waals surface area contributed by atoms with Gasteiger partial charge in [-0.25, -0.2) is 0 Å². The van der Waals surface area contributed by atoms with Gasteiger partial charge in [0, 0.05) is 6.07 Å². The second-order valence-electron chi connectivity index (χ2n) is 4.78. The first kappa shape index (κ1) is 19.8. The zero-order valence-electron chi connectivity index (χ0n) is 13.5. The molecule has 0 atom stereocenters. The average Bonchev–Trinajstić information content (AvgIpc) is 2.57. The van der Waals surface area contributed by atoms with Crippen LogP contribution in [0.3, 0.4) is 0 Å². The van der Waals surface area contributed by atoms with Crippen molar-refractivity contribution in [2.45, 2.75) is 9.79 Å². The smallest absolute Gasteiger partial charge is 0.299 e. The van der Waals surface area contributed by atoms with Gasteiger partial charge in [-0.1, -0.05) is 18.2 Å². The van der Waals surface area contributed by atoms with E-state index in [-0.39, 0.29) is 5.75 Å². The van der Waals surface area contributed by atoms with Crippen molar-refractivity contribution in [1.29, 1.82) is 0 Å². The summed E-state index contributed by atoms with van der Waals surface area (Å²) in [5, 5.41) is 7.46. The summed E-state index contributed by atoms with van der Waals surface area (Å²) in [6.07, 6.45) is 0. The molecule has 2 aromatic rings. The SMILES string of the molecule is COc1cc(N=Nc2ccccc2)c(S(=O)(=O)O)c(S(=O)(=O)O)c1OC. The van der Waals surface area contributed by atoms with Gasteiger partial charge in [-0.2, -0.15) is 21.9 Å². The zero-order chi connectivity index (χ0) is 19.5. The highest BCUT2D eigenvalue weighted by atomic mass is 32.2. The molecule has 10 nitrogen and oxygen atoms in total. The molecule has 2 rings (SSSR count). The van der Waals surface area contributed by atoms with E-state index in [1.54, 1.807) is 30.3 Å². The van der Waals surface area contributed by atoms with Gasteiger partial charge in [0.05, 0.1) is 19.9 Å². The maximum Gasteiger partial charge on any atom is 0.299 e. The Morgan fingerprint density at radius 3 is 1.88 bits per heavy atom. The van der Waals surface area contributed by atoms with Crippen LogP contribution in [0.25, 0.3) is 0 Å². The highest BCUT2D eigenvalue weighted by molar-refractivity contribution is 7.89. The van der Waals surface area contributed by atoms with Crippen molar-refractivity contribution in [3.63, 3.8) is 0 Å².